The van der Waals surface area contributed by atoms with Crippen molar-refractivity contribution in [2.75, 3.05) is 16.4 Å². The van der Waals surface area contributed by atoms with E-state index in [9.17, 15) is 9.59 Å². The number of para-hydroxylation sites is 2. The number of hydrogen-bond acceptors (Lipinski definition) is 7. The zero-order valence-corrected chi connectivity index (χ0v) is 14.6. The number of esters is 1. The molecule has 0 saturated carbocycles. The molecule has 0 saturated heterocycles. The Morgan fingerprint density at radius 1 is 0.852 bits per heavy atom. The third-order valence-corrected chi connectivity index (χ3v) is 3.77. The normalized spacial score (nSPS) is 10.3. The van der Waals surface area contributed by atoms with E-state index in [4.69, 9.17) is 27.8 Å². The van der Waals surface area contributed by atoms with Crippen LogP contribution in [0.15, 0.2) is 60.7 Å². The van der Waals surface area contributed by atoms with Crippen LogP contribution in [0.2, 0.25) is 5.15 Å². The minimum Gasteiger partial charge on any atom is -0.382 e. The van der Waals surface area contributed by atoms with Gasteiger partial charge in [0.05, 0.1) is 11.4 Å². The van der Waals surface area contributed by atoms with Crippen molar-refractivity contribution in [3.8, 4) is 0 Å². The molecule has 9 heteroatoms. The molecule has 136 valence electrons. The molecule has 1 amide bonds. The highest BCUT2D eigenvalue weighted by atomic mass is 35.5. The van der Waals surface area contributed by atoms with Gasteiger partial charge in [-0.15, -0.1) is 0 Å². The monoisotopic (exact) mass is 383 g/mol. The van der Waals surface area contributed by atoms with Crippen LogP contribution in [0.5, 0.6) is 0 Å². The largest absolute Gasteiger partial charge is 0.426 e. The van der Waals surface area contributed by atoms with E-state index < -0.39 is 17.8 Å². The first-order valence-electron chi connectivity index (χ1n) is 7.72. The van der Waals surface area contributed by atoms with Gasteiger partial charge in [-0.25, -0.2) is 24.5 Å². The van der Waals surface area contributed by atoms with Gasteiger partial charge in [0, 0.05) is 0 Å². The maximum absolute atomic E-state index is 12.7. The van der Waals surface area contributed by atoms with Gasteiger partial charge in [-0.05, 0) is 24.3 Å². The van der Waals surface area contributed by atoms with E-state index >= 15 is 0 Å². The van der Waals surface area contributed by atoms with Crippen molar-refractivity contribution in [3.05, 3.63) is 71.5 Å². The lowest BCUT2D eigenvalue weighted by atomic mass is 10.2. The molecular weight excluding hydrogens is 370 g/mol. The van der Waals surface area contributed by atoms with Crippen LogP contribution in [-0.4, -0.2) is 22.0 Å². The van der Waals surface area contributed by atoms with Crippen molar-refractivity contribution in [2.24, 2.45) is 0 Å². The topological polar surface area (TPSA) is 124 Å². The average Bonchev–Trinajstić information content (AvgIpc) is 2.66. The molecule has 4 N–H and O–H groups in total. The molecule has 27 heavy (non-hydrogen) atoms. The van der Waals surface area contributed by atoms with Gasteiger partial charge in [0.15, 0.2) is 22.5 Å². The summed E-state index contributed by atoms with van der Waals surface area (Å²) in [5, 5.41) is -0.216. The van der Waals surface area contributed by atoms with Crippen LogP contribution in [0.25, 0.3) is 0 Å². The van der Waals surface area contributed by atoms with Crippen molar-refractivity contribution in [2.45, 2.75) is 0 Å². The zero-order valence-electron chi connectivity index (χ0n) is 13.9. The molecule has 0 aliphatic carbocycles. The van der Waals surface area contributed by atoms with E-state index in [1.165, 1.54) is 4.90 Å². The molecule has 8 nitrogen and oxygen atoms in total. The number of anilines is 4. The smallest absolute Gasteiger partial charge is 0.382 e. The summed E-state index contributed by atoms with van der Waals surface area (Å²) in [6.45, 7) is 0. The van der Waals surface area contributed by atoms with Crippen molar-refractivity contribution in [1.29, 1.82) is 0 Å². The van der Waals surface area contributed by atoms with E-state index in [0.717, 1.165) is 0 Å². The van der Waals surface area contributed by atoms with Crippen LogP contribution in [0, 0.1) is 0 Å². The zero-order chi connectivity index (χ0) is 19.4. The summed E-state index contributed by atoms with van der Waals surface area (Å²) >= 11 is 5.76. The van der Waals surface area contributed by atoms with E-state index in [1.54, 1.807) is 60.7 Å². The van der Waals surface area contributed by atoms with Gasteiger partial charge in [0.1, 0.15) is 0 Å². The van der Waals surface area contributed by atoms with Gasteiger partial charge in [-0.1, -0.05) is 48.0 Å². The molecule has 0 bridgehead atoms. The van der Waals surface area contributed by atoms with Gasteiger partial charge in [-0.2, -0.15) is 0 Å². The Balaban J connectivity index is 1.92. The minimum atomic E-state index is -1.09. The number of ether oxygens (including phenoxy) is 1. The van der Waals surface area contributed by atoms with Crippen LogP contribution >= 0.6 is 11.6 Å². The number of carbonyl (C=O) groups is 2. The number of nitrogen functional groups attached to an aromatic ring is 2. The quantitative estimate of drug-likeness (QED) is 0.524. The second-order valence-corrected chi connectivity index (χ2v) is 5.65. The molecule has 0 aliphatic rings. The Hall–Kier alpha value is -3.65. The maximum Gasteiger partial charge on any atom is 0.426 e. The van der Waals surface area contributed by atoms with Crippen molar-refractivity contribution in [1.82, 2.24) is 9.97 Å². The predicted molar refractivity (Wildman–Crippen MR) is 102 cm³/mol. The summed E-state index contributed by atoms with van der Waals surface area (Å²) in [7, 11) is 0. The predicted octanol–water partition coefficient (Wildman–Crippen LogP) is 3.41. The molecule has 0 unspecified atom stereocenters. The SMILES string of the molecule is Nc1nc(N)c(C(=O)OC(=O)N(c2ccccc2)c2ccccc2)nc1Cl. The third-order valence-electron chi connectivity index (χ3n) is 3.49. The Morgan fingerprint density at radius 2 is 1.37 bits per heavy atom. The lowest BCUT2D eigenvalue weighted by molar-refractivity contribution is 0.0632. The van der Waals surface area contributed by atoms with E-state index in [0.29, 0.717) is 11.4 Å². The number of halogens is 1. The number of aromatic nitrogens is 2. The molecule has 1 aromatic heterocycles. The number of carbonyl (C=O) groups excluding carboxylic acids is 2. The highest BCUT2D eigenvalue weighted by Gasteiger charge is 2.26. The molecule has 0 fully saturated rings. The fourth-order valence-corrected chi connectivity index (χ4v) is 2.41. The number of rotatable bonds is 3. The van der Waals surface area contributed by atoms with E-state index in [1.807, 2.05) is 0 Å². The third kappa shape index (κ3) is 3.96. The molecule has 0 radical (unpaired) electrons. The van der Waals surface area contributed by atoms with Crippen molar-refractivity contribution in [3.63, 3.8) is 0 Å². The van der Waals surface area contributed by atoms with Gasteiger partial charge in [0.2, 0.25) is 0 Å². The Labute approximate surface area is 159 Å². The van der Waals surface area contributed by atoms with Gasteiger partial charge >= 0.3 is 12.1 Å². The number of amides is 1. The first-order valence-corrected chi connectivity index (χ1v) is 8.10. The molecule has 2 aromatic carbocycles. The highest BCUT2D eigenvalue weighted by molar-refractivity contribution is 6.31. The van der Waals surface area contributed by atoms with Crippen LogP contribution in [0.3, 0.4) is 0 Å². The minimum absolute atomic E-state index is 0.132. The lowest BCUT2D eigenvalue weighted by Gasteiger charge is -2.21. The summed E-state index contributed by atoms with van der Waals surface area (Å²) < 4.78 is 4.95. The van der Waals surface area contributed by atoms with Crippen LogP contribution < -0.4 is 16.4 Å². The first-order chi connectivity index (χ1) is 13.0. The van der Waals surface area contributed by atoms with Crippen molar-refractivity contribution < 1.29 is 14.3 Å². The molecule has 0 spiro atoms. The van der Waals surface area contributed by atoms with Crippen LogP contribution in [-0.2, 0) is 4.74 Å². The molecule has 3 rings (SSSR count). The van der Waals surface area contributed by atoms with Gasteiger partial charge in [0.25, 0.3) is 0 Å². The van der Waals surface area contributed by atoms with Crippen LogP contribution in [0.1, 0.15) is 10.5 Å². The maximum atomic E-state index is 12.7. The number of nitrogens with two attached hydrogens (primary N) is 2. The lowest BCUT2D eigenvalue weighted by Crippen LogP contribution is -2.29. The second-order valence-electron chi connectivity index (χ2n) is 5.30. The van der Waals surface area contributed by atoms with Crippen molar-refractivity contribution >= 4 is 46.7 Å². The van der Waals surface area contributed by atoms with Gasteiger partial charge in [-0.3, -0.25) is 0 Å². The summed E-state index contributed by atoms with van der Waals surface area (Å²) in [4.78, 5) is 33.8. The standard InChI is InChI=1S/C18H14ClN5O3/c19-14-16(21)23-15(20)13(22-14)17(25)27-18(26)24(11-7-3-1-4-8-11)12-9-5-2-6-10-12/h1-10H,(H4,20,21,23). The molecule has 0 aliphatic heterocycles. The van der Waals surface area contributed by atoms with E-state index in [2.05, 4.69) is 9.97 Å². The fraction of sp³-hybridized carbons (Fsp3) is 0. The molecule has 0 atom stereocenters. The van der Waals surface area contributed by atoms with Gasteiger partial charge < -0.3 is 16.2 Å². The Kier molecular flexibility index (Phi) is 5.18. The second kappa shape index (κ2) is 7.71. The summed E-state index contributed by atoms with van der Waals surface area (Å²) in [5.74, 6) is -1.52. The molecular formula is C18H14ClN5O3. The molecule has 3 aromatic rings. The molecule has 1 heterocycles. The number of benzene rings is 2. The van der Waals surface area contributed by atoms with E-state index in [-0.39, 0.29) is 16.8 Å². The number of hydrogen-bond donors (Lipinski definition) is 2. The Morgan fingerprint density at radius 3 is 1.89 bits per heavy atom. The van der Waals surface area contributed by atoms with Crippen LogP contribution in [0.4, 0.5) is 27.8 Å². The average molecular weight is 384 g/mol. The first kappa shape index (κ1) is 18.2. The Bertz CT molecular complexity index is 944. The summed E-state index contributed by atoms with van der Waals surface area (Å²) in [5.41, 5.74) is 11.7. The number of nitrogens with zero attached hydrogens (tertiary/aromatic N) is 3. The fourth-order valence-electron chi connectivity index (χ4n) is 2.28. The summed E-state index contributed by atoms with van der Waals surface area (Å²) in [6, 6.07) is 17.4. The highest BCUT2D eigenvalue weighted by Crippen LogP contribution is 2.26. The summed E-state index contributed by atoms with van der Waals surface area (Å²) in [6.07, 6.45) is -0.938.